The zero-order valence-electron chi connectivity index (χ0n) is 16.2. The third kappa shape index (κ3) is 2.89. The molecule has 0 aromatic rings. The third-order valence-electron chi connectivity index (χ3n) is 5.65. The highest BCUT2D eigenvalue weighted by Crippen LogP contribution is 2.40. The normalized spacial score (nSPS) is 23.3. The number of hydrogen-bond acceptors (Lipinski definition) is 5. The quantitative estimate of drug-likeness (QED) is 0.818. The highest BCUT2D eigenvalue weighted by molar-refractivity contribution is 6.29. The van der Waals surface area contributed by atoms with E-state index in [1.165, 1.54) is 0 Å². The van der Waals surface area contributed by atoms with E-state index in [4.69, 9.17) is 15.7 Å². The van der Waals surface area contributed by atoms with Crippen LogP contribution in [-0.2, 0) is 9.59 Å². The Morgan fingerprint density at radius 3 is 2.79 bits per heavy atom. The van der Waals surface area contributed by atoms with Crippen LogP contribution >= 0.6 is 0 Å². The summed E-state index contributed by atoms with van der Waals surface area (Å²) in [4.78, 5) is 36.8. The topological polar surface area (TPSA) is 88.1 Å². The van der Waals surface area contributed by atoms with Crippen LogP contribution in [0.25, 0.3) is 0 Å². The van der Waals surface area contributed by atoms with Gasteiger partial charge >= 0.3 is 0 Å². The van der Waals surface area contributed by atoms with Gasteiger partial charge < -0.3 is 10.6 Å². The van der Waals surface area contributed by atoms with Crippen molar-refractivity contribution in [2.75, 3.05) is 13.1 Å². The summed E-state index contributed by atoms with van der Waals surface area (Å²) in [6, 6.07) is 0. The Labute approximate surface area is 164 Å². The average Bonchev–Trinajstić information content (AvgIpc) is 3.14. The molecule has 1 heterocycles. The smallest absolute Gasteiger partial charge is 0.244 e. The van der Waals surface area contributed by atoms with Crippen LogP contribution in [0.4, 0.5) is 0 Å². The molecule has 0 radical (unpaired) electrons. The van der Waals surface area contributed by atoms with Crippen molar-refractivity contribution in [3.8, 4) is 0 Å². The number of ketones is 1. The van der Waals surface area contributed by atoms with Gasteiger partial charge in [-0.25, -0.2) is 9.98 Å². The zero-order chi connectivity index (χ0) is 19.8. The molecule has 0 saturated carbocycles. The summed E-state index contributed by atoms with van der Waals surface area (Å²) < 4.78 is 0. The standard InChI is InChI=1S/C22H24N4O2/c1-3-26(4-2)22-24-18-15-10-5-6-11-16(15)20(27)17(19(18)25-22)13-8-7-9-14(12-13)21(23)28/h5-6,8,11-12,15H,3-4,7,9-10H2,1-2H3,(H2,23,28). The molecular formula is C22H24N4O2. The van der Waals surface area contributed by atoms with Crippen LogP contribution < -0.4 is 5.73 Å². The third-order valence-corrected chi connectivity index (χ3v) is 5.65. The van der Waals surface area contributed by atoms with Gasteiger partial charge in [0.25, 0.3) is 0 Å². The molecule has 1 atom stereocenters. The van der Waals surface area contributed by atoms with Gasteiger partial charge in [0.15, 0.2) is 5.78 Å². The predicted molar refractivity (Wildman–Crippen MR) is 110 cm³/mol. The number of carbonyl (C=O) groups is 2. The van der Waals surface area contributed by atoms with Crippen molar-refractivity contribution >= 4 is 23.4 Å². The number of fused-ring (bicyclic) bond motifs is 3. The molecule has 6 heteroatoms. The molecule has 144 valence electrons. The highest BCUT2D eigenvalue weighted by Gasteiger charge is 2.41. The van der Waals surface area contributed by atoms with Crippen LogP contribution in [-0.4, -0.2) is 41.4 Å². The maximum absolute atomic E-state index is 13.4. The van der Waals surface area contributed by atoms with Gasteiger partial charge in [-0.05, 0) is 44.8 Å². The minimum Gasteiger partial charge on any atom is -0.366 e. The number of carbonyl (C=O) groups excluding carboxylic acids is 2. The van der Waals surface area contributed by atoms with Gasteiger partial charge in [-0.2, -0.15) is 0 Å². The Morgan fingerprint density at radius 1 is 1.29 bits per heavy atom. The Balaban J connectivity index is 1.89. The average molecular weight is 376 g/mol. The molecule has 28 heavy (non-hydrogen) atoms. The Bertz CT molecular complexity index is 968. The minimum atomic E-state index is -0.440. The molecule has 0 aromatic carbocycles. The number of primary amides is 1. The number of Topliss-reactive ketones (excluding diaryl/α,β-unsaturated/α-hetero) is 1. The van der Waals surface area contributed by atoms with Crippen LogP contribution in [0.1, 0.15) is 33.1 Å². The van der Waals surface area contributed by atoms with E-state index >= 15 is 0 Å². The first-order valence-electron chi connectivity index (χ1n) is 9.84. The van der Waals surface area contributed by atoms with Gasteiger partial charge in [-0.15, -0.1) is 0 Å². The molecule has 1 aliphatic heterocycles. The summed E-state index contributed by atoms with van der Waals surface area (Å²) in [6.45, 7) is 5.72. The van der Waals surface area contributed by atoms with Crippen molar-refractivity contribution in [2.45, 2.75) is 33.1 Å². The molecule has 1 amide bonds. The van der Waals surface area contributed by atoms with Crippen molar-refractivity contribution in [3.05, 3.63) is 58.4 Å². The lowest BCUT2D eigenvalue weighted by molar-refractivity contribution is -0.115. The number of aliphatic imine (C=N–C) groups is 2. The molecule has 3 aliphatic carbocycles. The molecule has 2 N–H and O–H groups in total. The molecule has 0 saturated heterocycles. The van der Waals surface area contributed by atoms with Gasteiger partial charge in [0.2, 0.25) is 11.9 Å². The van der Waals surface area contributed by atoms with Gasteiger partial charge in [0.1, 0.15) is 5.70 Å². The van der Waals surface area contributed by atoms with Crippen molar-refractivity contribution < 1.29 is 9.59 Å². The molecule has 0 spiro atoms. The molecule has 1 unspecified atom stereocenters. The summed E-state index contributed by atoms with van der Waals surface area (Å²) >= 11 is 0. The van der Waals surface area contributed by atoms with Gasteiger partial charge in [-0.3, -0.25) is 9.59 Å². The maximum Gasteiger partial charge on any atom is 0.244 e. The Hall–Kier alpha value is -3.02. The minimum absolute atomic E-state index is 0.0268. The van der Waals surface area contributed by atoms with E-state index in [0.717, 1.165) is 36.4 Å². The molecular weight excluding hydrogens is 352 g/mol. The van der Waals surface area contributed by atoms with Crippen molar-refractivity contribution in [1.82, 2.24) is 4.90 Å². The fourth-order valence-electron chi connectivity index (χ4n) is 4.13. The molecule has 0 fully saturated rings. The first-order valence-corrected chi connectivity index (χ1v) is 9.84. The SMILES string of the molecule is CCN(CC)C1=NC2=C(C3=CCCC(C(N)=O)=C3)C(=O)C3=CC=CCC3C2=N1. The Kier molecular flexibility index (Phi) is 4.71. The molecule has 0 aromatic heterocycles. The summed E-state index contributed by atoms with van der Waals surface area (Å²) in [6.07, 6.45) is 11.6. The number of amides is 1. The monoisotopic (exact) mass is 376 g/mol. The van der Waals surface area contributed by atoms with E-state index in [2.05, 4.69) is 24.8 Å². The van der Waals surface area contributed by atoms with E-state index < -0.39 is 5.91 Å². The number of hydrogen-bond donors (Lipinski definition) is 1. The fraction of sp³-hybridized carbons (Fsp3) is 0.364. The van der Waals surface area contributed by atoms with Gasteiger partial charge in [-0.1, -0.05) is 24.3 Å². The summed E-state index contributed by atoms with van der Waals surface area (Å²) in [7, 11) is 0. The van der Waals surface area contributed by atoms with Gasteiger partial charge in [0.05, 0.1) is 11.3 Å². The summed E-state index contributed by atoms with van der Waals surface area (Å²) in [5.74, 6) is 0.134. The number of rotatable bonds is 4. The van der Waals surface area contributed by atoms with Crippen LogP contribution in [0.2, 0.25) is 0 Å². The van der Waals surface area contributed by atoms with Crippen LogP contribution in [0, 0.1) is 5.92 Å². The van der Waals surface area contributed by atoms with E-state index in [9.17, 15) is 9.59 Å². The predicted octanol–water partition coefficient (Wildman–Crippen LogP) is 2.61. The lowest BCUT2D eigenvalue weighted by Crippen LogP contribution is -2.32. The molecule has 6 nitrogen and oxygen atoms in total. The van der Waals surface area contributed by atoms with Crippen molar-refractivity contribution in [3.63, 3.8) is 0 Å². The molecule has 4 rings (SSSR count). The van der Waals surface area contributed by atoms with E-state index in [-0.39, 0.29) is 11.7 Å². The van der Waals surface area contributed by atoms with Crippen molar-refractivity contribution in [1.29, 1.82) is 0 Å². The van der Waals surface area contributed by atoms with Crippen molar-refractivity contribution in [2.24, 2.45) is 21.6 Å². The van der Waals surface area contributed by atoms with E-state index in [1.807, 2.05) is 18.2 Å². The van der Waals surface area contributed by atoms with Crippen LogP contribution in [0.3, 0.4) is 0 Å². The second-order valence-electron chi connectivity index (χ2n) is 7.20. The van der Waals surface area contributed by atoms with Crippen LogP contribution in [0.15, 0.2) is 68.4 Å². The second-order valence-corrected chi connectivity index (χ2v) is 7.20. The highest BCUT2D eigenvalue weighted by atomic mass is 16.1. The number of nitrogens with two attached hydrogens (primary N) is 1. The van der Waals surface area contributed by atoms with Crippen LogP contribution in [0.5, 0.6) is 0 Å². The zero-order valence-corrected chi connectivity index (χ0v) is 16.2. The summed E-state index contributed by atoms with van der Waals surface area (Å²) in [5, 5.41) is 0. The number of nitrogens with zero attached hydrogens (tertiary/aromatic N) is 3. The molecule has 0 bridgehead atoms. The molecule has 4 aliphatic rings. The first-order chi connectivity index (χ1) is 13.5. The fourth-order valence-corrected chi connectivity index (χ4v) is 4.13. The number of guanidine groups is 1. The van der Waals surface area contributed by atoms with Gasteiger partial charge in [0, 0.05) is 30.2 Å². The lowest BCUT2D eigenvalue weighted by atomic mass is 9.74. The maximum atomic E-state index is 13.4. The number of allylic oxidation sites excluding steroid dienone is 9. The lowest BCUT2D eigenvalue weighted by Gasteiger charge is -2.28. The van der Waals surface area contributed by atoms with E-state index in [0.29, 0.717) is 35.6 Å². The first kappa shape index (κ1) is 18.3. The summed E-state index contributed by atoms with van der Waals surface area (Å²) in [5.41, 5.74) is 9.55. The Morgan fingerprint density at radius 2 is 2.07 bits per heavy atom. The van der Waals surface area contributed by atoms with E-state index in [1.54, 1.807) is 6.08 Å². The largest absolute Gasteiger partial charge is 0.366 e. The second kappa shape index (κ2) is 7.19.